The maximum atomic E-state index is 12.6. The lowest BCUT2D eigenvalue weighted by Gasteiger charge is -2.29. The molecule has 0 aromatic heterocycles. The quantitative estimate of drug-likeness (QED) is 0.827. The summed E-state index contributed by atoms with van der Waals surface area (Å²) in [6.07, 6.45) is 4.56. The van der Waals surface area contributed by atoms with Gasteiger partial charge >= 0.3 is 0 Å². The van der Waals surface area contributed by atoms with E-state index in [1.54, 1.807) is 6.07 Å². The third-order valence-corrected chi connectivity index (χ3v) is 5.66. The van der Waals surface area contributed by atoms with Crippen molar-refractivity contribution in [1.29, 1.82) is 0 Å². The average Bonchev–Trinajstić information content (AvgIpc) is 3.00. The average molecular weight is 379 g/mol. The van der Waals surface area contributed by atoms with Gasteiger partial charge in [0.2, 0.25) is 11.8 Å². The van der Waals surface area contributed by atoms with Crippen LogP contribution < -0.4 is 5.32 Å². The van der Waals surface area contributed by atoms with Gasteiger partial charge in [-0.25, -0.2) is 0 Å². The van der Waals surface area contributed by atoms with Crippen LogP contribution in [0.1, 0.15) is 44.1 Å². The molecule has 142 valence electrons. The second kappa shape index (κ2) is 8.87. The van der Waals surface area contributed by atoms with E-state index in [2.05, 4.69) is 5.32 Å². The molecular formula is C20H27ClN2O3. The van der Waals surface area contributed by atoms with Gasteiger partial charge in [0.25, 0.3) is 0 Å². The van der Waals surface area contributed by atoms with Crippen LogP contribution in [0.15, 0.2) is 24.3 Å². The lowest BCUT2D eigenvalue weighted by atomic mass is 10.0. The fraction of sp³-hybridized carbons (Fsp3) is 0.600. The molecule has 0 spiro atoms. The molecule has 26 heavy (non-hydrogen) atoms. The van der Waals surface area contributed by atoms with Crippen LogP contribution in [0.25, 0.3) is 0 Å². The van der Waals surface area contributed by atoms with Gasteiger partial charge in [-0.2, -0.15) is 0 Å². The standard InChI is InChI=1S/C20H27ClN2O3/c21-16-6-4-5-14(11-16)7-8-19(25)22-17-12-15(13-18(17)24)20(26)23-9-2-1-3-10-23/h4-6,11,15,17-18,24H,1-3,7-10,12-13H2,(H,22,25)/t15-,17+,18+/m0/s1. The van der Waals surface area contributed by atoms with Crippen molar-refractivity contribution >= 4 is 23.4 Å². The van der Waals surface area contributed by atoms with Crippen molar-refractivity contribution in [2.75, 3.05) is 13.1 Å². The van der Waals surface area contributed by atoms with Crippen LogP contribution in [-0.2, 0) is 16.0 Å². The summed E-state index contributed by atoms with van der Waals surface area (Å²) in [6, 6.07) is 7.14. The largest absolute Gasteiger partial charge is 0.391 e. The summed E-state index contributed by atoms with van der Waals surface area (Å²) < 4.78 is 0. The number of rotatable bonds is 5. The van der Waals surface area contributed by atoms with E-state index in [9.17, 15) is 14.7 Å². The minimum atomic E-state index is -0.649. The Bertz CT molecular complexity index is 646. The number of aliphatic hydroxyl groups is 1. The fourth-order valence-electron chi connectivity index (χ4n) is 3.97. The SMILES string of the molecule is O=C(CCc1cccc(Cl)c1)N[C@@H]1C[C@H](C(=O)N2CCCCC2)C[C@H]1O. The van der Waals surface area contributed by atoms with Crippen molar-refractivity contribution in [2.24, 2.45) is 5.92 Å². The highest BCUT2D eigenvalue weighted by Crippen LogP contribution is 2.29. The fourth-order valence-corrected chi connectivity index (χ4v) is 4.19. The Balaban J connectivity index is 1.47. The molecule has 1 aliphatic carbocycles. The van der Waals surface area contributed by atoms with Crippen molar-refractivity contribution in [3.63, 3.8) is 0 Å². The van der Waals surface area contributed by atoms with Gasteiger partial charge in [0.05, 0.1) is 12.1 Å². The van der Waals surface area contributed by atoms with E-state index in [1.165, 1.54) is 6.42 Å². The van der Waals surface area contributed by atoms with Crippen molar-refractivity contribution in [3.8, 4) is 0 Å². The minimum Gasteiger partial charge on any atom is -0.391 e. The molecule has 2 fully saturated rings. The number of benzene rings is 1. The first-order valence-corrected chi connectivity index (χ1v) is 9.91. The number of piperidine rings is 1. The zero-order valence-corrected chi connectivity index (χ0v) is 15.8. The Morgan fingerprint density at radius 3 is 2.69 bits per heavy atom. The minimum absolute atomic E-state index is 0.0971. The molecule has 2 N–H and O–H groups in total. The predicted octanol–water partition coefficient (Wildman–Crippen LogP) is 2.54. The van der Waals surface area contributed by atoms with Gasteiger partial charge in [-0.05, 0) is 56.2 Å². The third kappa shape index (κ3) is 4.98. The summed E-state index contributed by atoms with van der Waals surface area (Å²) >= 11 is 5.96. The molecule has 3 rings (SSSR count). The highest BCUT2D eigenvalue weighted by Gasteiger charge is 2.39. The Morgan fingerprint density at radius 1 is 1.19 bits per heavy atom. The Hall–Kier alpha value is -1.59. The lowest BCUT2D eigenvalue weighted by Crippen LogP contribution is -2.41. The number of hydrogen-bond donors (Lipinski definition) is 2. The molecule has 0 radical (unpaired) electrons. The van der Waals surface area contributed by atoms with Gasteiger partial charge in [0, 0.05) is 30.5 Å². The number of halogens is 1. The van der Waals surface area contributed by atoms with Crippen molar-refractivity contribution < 1.29 is 14.7 Å². The molecule has 1 aliphatic heterocycles. The zero-order chi connectivity index (χ0) is 18.5. The number of nitrogens with zero attached hydrogens (tertiary/aromatic N) is 1. The predicted molar refractivity (Wildman–Crippen MR) is 101 cm³/mol. The first-order chi connectivity index (χ1) is 12.5. The van der Waals surface area contributed by atoms with Gasteiger partial charge in [-0.1, -0.05) is 23.7 Å². The maximum absolute atomic E-state index is 12.6. The Kier molecular flexibility index (Phi) is 6.54. The molecular weight excluding hydrogens is 352 g/mol. The molecule has 3 atom stereocenters. The molecule has 2 aliphatic rings. The summed E-state index contributed by atoms with van der Waals surface area (Å²) in [5, 5.41) is 13.8. The second-order valence-electron chi connectivity index (χ2n) is 7.43. The number of likely N-dealkylation sites (tertiary alicyclic amines) is 1. The van der Waals surface area contributed by atoms with Gasteiger partial charge in [0.15, 0.2) is 0 Å². The number of aryl methyl sites for hydroxylation is 1. The molecule has 1 saturated carbocycles. The highest BCUT2D eigenvalue weighted by atomic mass is 35.5. The summed E-state index contributed by atoms with van der Waals surface area (Å²) in [7, 11) is 0. The van der Waals surface area contributed by atoms with Gasteiger partial charge in [-0.15, -0.1) is 0 Å². The molecule has 1 aromatic rings. The van der Waals surface area contributed by atoms with E-state index in [1.807, 2.05) is 23.1 Å². The van der Waals surface area contributed by atoms with E-state index < -0.39 is 6.10 Å². The first-order valence-electron chi connectivity index (χ1n) is 9.53. The van der Waals surface area contributed by atoms with E-state index >= 15 is 0 Å². The summed E-state index contributed by atoms with van der Waals surface area (Å²) in [5.41, 5.74) is 1.01. The number of carbonyl (C=O) groups is 2. The molecule has 0 bridgehead atoms. The summed E-state index contributed by atoms with van der Waals surface area (Å²) in [4.78, 5) is 26.8. The van der Waals surface area contributed by atoms with Crippen molar-refractivity contribution in [1.82, 2.24) is 10.2 Å². The molecule has 5 nitrogen and oxygen atoms in total. The van der Waals surface area contributed by atoms with Crippen LogP contribution in [0.3, 0.4) is 0 Å². The van der Waals surface area contributed by atoms with E-state index in [4.69, 9.17) is 11.6 Å². The molecule has 0 unspecified atom stereocenters. The molecule has 2 amide bonds. The second-order valence-corrected chi connectivity index (χ2v) is 7.86. The topological polar surface area (TPSA) is 69.6 Å². The van der Waals surface area contributed by atoms with Gasteiger partial charge in [0.1, 0.15) is 0 Å². The zero-order valence-electron chi connectivity index (χ0n) is 15.0. The van der Waals surface area contributed by atoms with Gasteiger partial charge in [-0.3, -0.25) is 9.59 Å². The van der Waals surface area contributed by atoms with Crippen LogP contribution in [0.2, 0.25) is 5.02 Å². The van der Waals surface area contributed by atoms with E-state index in [0.717, 1.165) is 31.5 Å². The number of nitrogens with one attached hydrogen (secondary N) is 1. The first kappa shape index (κ1) is 19.2. The molecule has 1 heterocycles. The van der Waals surface area contributed by atoms with Crippen molar-refractivity contribution in [2.45, 2.75) is 57.1 Å². The van der Waals surface area contributed by atoms with E-state index in [0.29, 0.717) is 30.7 Å². The lowest BCUT2D eigenvalue weighted by molar-refractivity contribution is -0.136. The monoisotopic (exact) mass is 378 g/mol. The normalized spacial score (nSPS) is 25.9. The van der Waals surface area contributed by atoms with Crippen LogP contribution in [0.5, 0.6) is 0 Å². The third-order valence-electron chi connectivity index (χ3n) is 5.42. The van der Waals surface area contributed by atoms with Gasteiger partial charge < -0.3 is 15.3 Å². The maximum Gasteiger partial charge on any atom is 0.225 e. The van der Waals surface area contributed by atoms with Crippen LogP contribution >= 0.6 is 11.6 Å². The molecule has 6 heteroatoms. The van der Waals surface area contributed by atoms with Crippen LogP contribution in [0.4, 0.5) is 0 Å². The Morgan fingerprint density at radius 2 is 1.96 bits per heavy atom. The van der Waals surface area contributed by atoms with Crippen molar-refractivity contribution in [3.05, 3.63) is 34.9 Å². The highest BCUT2D eigenvalue weighted by molar-refractivity contribution is 6.30. The number of amides is 2. The van der Waals surface area contributed by atoms with E-state index in [-0.39, 0.29) is 23.8 Å². The smallest absolute Gasteiger partial charge is 0.225 e. The molecule has 1 saturated heterocycles. The summed E-state index contributed by atoms with van der Waals surface area (Å²) in [5.74, 6) is -0.138. The van der Waals surface area contributed by atoms with Crippen LogP contribution in [0, 0.1) is 5.92 Å². The van der Waals surface area contributed by atoms with Crippen LogP contribution in [-0.4, -0.2) is 47.1 Å². The molecule has 1 aromatic carbocycles. The Labute approximate surface area is 159 Å². The number of hydrogen-bond acceptors (Lipinski definition) is 3. The number of aliphatic hydroxyl groups excluding tert-OH is 1. The number of carbonyl (C=O) groups excluding carboxylic acids is 2. The summed E-state index contributed by atoms with van der Waals surface area (Å²) in [6.45, 7) is 1.64.